The van der Waals surface area contributed by atoms with Gasteiger partial charge in [0.05, 0.1) is 0 Å². The number of carbonyl (C=O) groups is 1. The van der Waals surface area contributed by atoms with Gasteiger partial charge in [-0.1, -0.05) is 34.6 Å². The summed E-state index contributed by atoms with van der Waals surface area (Å²) in [7, 11) is 0. The summed E-state index contributed by atoms with van der Waals surface area (Å²) in [4.78, 5) is 10.7. The third-order valence-electron chi connectivity index (χ3n) is 3.57. The zero-order valence-corrected chi connectivity index (χ0v) is 9.55. The highest BCUT2D eigenvalue weighted by molar-refractivity contribution is 5.57. The number of hydrogen-bond acceptors (Lipinski definition) is 1. The Bertz CT molecular complexity index is 198. The molecule has 0 aliphatic heterocycles. The van der Waals surface area contributed by atoms with Gasteiger partial charge in [0.1, 0.15) is 6.29 Å². The first-order valence-electron chi connectivity index (χ1n) is 5.22. The van der Waals surface area contributed by atoms with Crippen molar-refractivity contribution in [2.75, 3.05) is 0 Å². The first kappa shape index (κ1) is 10.7. The van der Waals surface area contributed by atoms with Gasteiger partial charge >= 0.3 is 0 Å². The molecule has 0 saturated heterocycles. The normalized spacial score (nSPS) is 32.4. The first-order chi connectivity index (χ1) is 5.77. The molecule has 1 saturated carbocycles. The fourth-order valence-electron chi connectivity index (χ4n) is 2.37. The minimum absolute atomic E-state index is 0.245. The molecule has 0 heterocycles. The number of aldehydes is 1. The molecule has 0 bridgehead atoms. The molecular formula is C12H22O. The van der Waals surface area contributed by atoms with Crippen molar-refractivity contribution in [2.45, 2.75) is 47.5 Å². The minimum Gasteiger partial charge on any atom is -0.303 e. The van der Waals surface area contributed by atoms with E-state index in [-0.39, 0.29) is 5.41 Å². The second kappa shape index (κ2) is 3.11. The van der Waals surface area contributed by atoms with E-state index < -0.39 is 0 Å². The lowest BCUT2D eigenvalue weighted by Gasteiger charge is -2.52. The maximum atomic E-state index is 10.7. The average Bonchev–Trinajstić information content (AvgIpc) is 1.95. The van der Waals surface area contributed by atoms with E-state index in [1.165, 1.54) is 6.42 Å². The molecule has 1 aliphatic rings. The van der Waals surface area contributed by atoms with Gasteiger partial charge in [0.25, 0.3) is 0 Å². The van der Waals surface area contributed by atoms with Gasteiger partial charge in [0.15, 0.2) is 0 Å². The molecule has 0 aromatic carbocycles. The molecule has 1 rings (SSSR count). The third kappa shape index (κ3) is 2.12. The van der Waals surface area contributed by atoms with Crippen molar-refractivity contribution >= 4 is 6.29 Å². The fourth-order valence-corrected chi connectivity index (χ4v) is 2.37. The lowest BCUT2D eigenvalue weighted by Crippen LogP contribution is -2.46. The van der Waals surface area contributed by atoms with Crippen LogP contribution in [0.2, 0.25) is 0 Å². The van der Waals surface area contributed by atoms with Gasteiger partial charge in [-0.2, -0.15) is 0 Å². The highest BCUT2D eigenvalue weighted by Crippen LogP contribution is 2.54. The summed E-state index contributed by atoms with van der Waals surface area (Å²) in [6, 6.07) is 0. The maximum Gasteiger partial charge on any atom is 0.123 e. The van der Waals surface area contributed by atoms with Crippen molar-refractivity contribution in [2.24, 2.45) is 22.7 Å². The first-order valence-corrected chi connectivity index (χ1v) is 5.22. The van der Waals surface area contributed by atoms with Crippen LogP contribution >= 0.6 is 0 Å². The Kier molecular flexibility index (Phi) is 2.57. The molecule has 0 amide bonds. The monoisotopic (exact) mass is 182 g/mol. The molecule has 1 aliphatic carbocycles. The lowest BCUT2D eigenvalue weighted by molar-refractivity contribution is -0.127. The smallest absolute Gasteiger partial charge is 0.123 e. The molecule has 0 aromatic heterocycles. The maximum absolute atomic E-state index is 10.7. The van der Waals surface area contributed by atoms with Crippen molar-refractivity contribution in [3.63, 3.8) is 0 Å². The number of hydrogen-bond donors (Lipinski definition) is 0. The topological polar surface area (TPSA) is 17.1 Å². The summed E-state index contributed by atoms with van der Waals surface area (Å²) in [6.07, 6.45) is 3.48. The molecule has 2 unspecified atom stereocenters. The van der Waals surface area contributed by atoms with E-state index in [0.29, 0.717) is 11.3 Å². The van der Waals surface area contributed by atoms with E-state index >= 15 is 0 Å². The van der Waals surface area contributed by atoms with E-state index in [0.717, 1.165) is 18.6 Å². The predicted molar refractivity (Wildman–Crippen MR) is 55.5 cm³/mol. The standard InChI is InChI=1S/C12H22O/c1-11(2,3)7-9-6-10(8-13)12(9,4)5/h8-10H,6-7H2,1-5H3. The SMILES string of the molecule is CC(C)(C)CC1CC(C=O)C1(C)C. The Hall–Kier alpha value is -0.330. The fraction of sp³-hybridized carbons (Fsp3) is 0.917. The molecule has 1 heteroatoms. The average molecular weight is 182 g/mol. The zero-order valence-electron chi connectivity index (χ0n) is 9.55. The van der Waals surface area contributed by atoms with Gasteiger partial charge in [-0.3, -0.25) is 0 Å². The Balaban J connectivity index is 2.54. The quantitative estimate of drug-likeness (QED) is 0.599. The van der Waals surface area contributed by atoms with Crippen LogP contribution < -0.4 is 0 Å². The second-order valence-corrected chi connectivity index (χ2v) is 6.26. The largest absolute Gasteiger partial charge is 0.303 e. The molecular weight excluding hydrogens is 160 g/mol. The van der Waals surface area contributed by atoms with Gasteiger partial charge < -0.3 is 4.79 Å². The molecule has 0 radical (unpaired) electrons. The Labute approximate surface area is 81.9 Å². The molecule has 0 N–H and O–H groups in total. The minimum atomic E-state index is 0.245. The van der Waals surface area contributed by atoms with Gasteiger partial charge in [0.2, 0.25) is 0 Å². The van der Waals surface area contributed by atoms with Crippen LogP contribution in [0.5, 0.6) is 0 Å². The van der Waals surface area contributed by atoms with Crippen LogP contribution in [0, 0.1) is 22.7 Å². The highest BCUT2D eigenvalue weighted by Gasteiger charge is 2.48. The third-order valence-corrected chi connectivity index (χ3v) is 3.57. The Morgan fingerprint density at radius 3 is 2.23 bits per heavy atom. The molecule has 76 valence electrons. The summed E-state index contributed by atoms with van der Waals surface area (Å²) in [5.41, 5.74) is 0.644. The van der Waals surface area contributed by atoms with Gasteiger partial charge in [-0.15, -0.1) is 0 Å². The van der Waals surface area contributed by atoms with E-state index in [2.05, 4.69) is 34.6 Å². The van der Waals surface area contributed by atoms with Crippen LogP contribution in [0.15, 0.2) is 0 Å². The summed E-state index contributed by atoms with van der Waals surface area (Å²) < 4.78 is 0. The second-order valence-electron chi connectivity index (χ2n) is 6.26. The van der Waals surface area contributed by atoms with Crippen molar-refractivity contribution in [3.05, 3.63) is 0 Å². The van der Waals surface area contributed by atoms with Crippen LogP contribution in [0.3, 0.4) is 0 Å². The predicted octanol–water partition coefficient (Wildman–Crippen LogP) is 3.28. The summed E-state index contributed by atoms with van der Waals surface area (Å²) in [5, 5.41) is 0. The molecule has 0 aromatic rings. The molecule has 2 atom stereocenters. The van der Waals surface area contributed by atoms with Crippen LogP contribution in [0.4, 0.5) is 0 Å². The summed E-state index contributed by atoms with van der Waals surface area (Å²) in [5.74, 6) is 1.04. The van der Waals surface area contributed by atoms with Crippen LogP contribution in [-0.4, -0.2) is 6.29 Å². The summed E-state index contributed by atoms with van der Waals surface area (Å²) >= 11 is 0. The lowest BCUT2D eigenvalue weighted by atomic mass is 9.52. The highest BCUT2D eigenvalue weighted by atomic mass is 16.1. The van der Waals surface area contributed by atoms with Crippen molar-refractivity contribution in [3.8, 4) is 0 Å². The van der Waals surface area contributed by atoms with Gasteiger partial charge in [0, 0.05) is 5.92 Å². The van der Waals surface area contributed by atoms with Gasteiger partial charge in [-0.25, -0.2) is 0 Å². The van der Waals surface area contributed by atoms with Crippen LogP contribution in [-0.2, 0) is 4.79 Å². The number of rotatable bonds is 2. The molecule has 13 heavy (non-hydrogen) atoms. The van der Waals surface area contributed by atoms with E-state index in [9.17, 15) is 4.79 Å². The Morgan fingerprint density at radius 2 is 1.92 bits per heavy atom. The zero-order chi connectivity index (χ0) is 10.3. The summed E-state index contributed by atoms with van der Waals surface area (Å²) in [6.45, 7) is 11.3. The van der Waals surface area contributed by atoms with Gasteiger partial charge in [-0.05, 0) is 29.6 Å². The van der Waals surface area contributed by atoms with Crippen molar-refractivity contribution in [1.29, 1.82) is 0 Å². The van der Waals surface area contributed by atoms with Crippen LogP contribution in [0.25, 0.3) is 0 Å². The van der Waals surface area contributed by atoms with E-state index in [4.69, 9.17) is 0 Å². The molecule has 1 nitrogen and oxygen atoms in total. The van der Waals surface area contributed by atoms with Crippen LogP contribution in [0.1, 0.15) is 47.5 Å². The molecule has 1 fully saturated rings. The van der Waals surface area contributed by atoms with E-state index in [1.807, 2.05) is 0 Å². The number of carbonyl (C=O) groups excluding carboxylic acids is 1. The van der Waals surface area contributed by atoms with E-state index in [1.54, 1.807) is 0 Å². The molecule has 0 spiro atoms. The Morgan fingerprint density at radius 1 is 1.38 bits per heavy atom. The van der Waals surface area contributed by atoms with Crippen molar-refractivity contribution in [1.82, 2.24) is 0 Å². The van der Waals surface area contributed by atoms with Crippen molar-refractivity contribution < 1.29 is 4.79 Å².